The molecule has 2 atom stereocenters. The number of halogens is 1. The molecule has 118 valence electrons. The van der Waals surface area contributed by atoms with Crippen LogP contribution < -0.4 is 5.32 Å². The van der Waals surface area contributed by atoms with Gasteiger partial charge in [-0.1, -0.05) is 6.08 Å². The largest absolute Gasteiger partial charge is 0.351 e. The van der Waals surface area contributed by atoms with E-state index in [1.54, 1.807) is 12.4 Å². The Morgan fingerprint density at radius 3 is 2.95 bits per heavy atom. The minimum Gasteiger partial charge on any atom is -0.351 e. The van der Waals surface area contributed by atoms with Gasteiger partial charge in [-0.05, 0) is 25.7 Å². The maximum Gasteiger partial charge on any atom is 0.246 e. The summed E-state index contributed by atoms with van der Waals surface area (Å²) in [4.78, 5) is 22.1. The first-order valence-electron chi connectivity index (χ1n) is 7.81. The molecule has 22 heavy (non-hydrogen) atoms. The number of carbonyl (C=O) groups excluding carboxylic acids is 1. The zero-order chi connectivity index (χ0) is 15.4. The van der Waals surface area contributed by atoms with E-state index >= 15 is 0 Å². The average Bonchev–Trinajstić information content (AvgIpc) is 3.16. The topological polar surface area (TPSA) is 58.1 Å². The highest BCUT2D eigenvalue weighted by Crippen LogP contribution is 2.22. The lowest BCUT2D eigenvalue weighted by atomic mass is 10.1. The highest BCUT2D eigenvalue weighted by Gasteiger charge is 2.32. The molecule has 1 N–H and O–H groups in total. The van der Waals surface area contributed by atoms with Crippen LogP contribution in [0.25, 0.3) is 0 Å². The lowest BCUT2D eigenvalue weighted by Crippen LogP contribution is -2.40. The molecule has 2 aliphatic rings. The highest BCUT2D eigenvalue weighted by atomic mass is 19.1. The second-order valence-electron chi connectivity index (χ2n) is 5.99. The number of likely N-dealkylation sites (tertiary alicyclic amines) is 1. The number of alkyl halides is 1. The Bertz CT molecular complexity index is 548. The molecule has 1 amide bonds. The summed E-state index contributed by atoms with van der Waals surface area (Å²) in [6, 6.07) is 0.0289. The zero-order valence-electron chi connectivity index (χ0n) is 12.5. The number of amides is 1. The van der Waals surface area contributed by atoms with E-state index in [1.807, 2.05) is 6.08 Å². The maximum atomic E-state index is 13.8. The Morgan fingerprint density at radius 1 is 1.41 bits per heavy atom. The van der Waals surface area contributed by atoms with Crippen LogP contribution in [0, 0.1) is 0 Å². The third kappa shape index (κ3) is 3.68. The molecule has 0 unspecified atom stereocenters. The predicted octanol–water partition coefficient (Wildman–Crippen LogP) is 1.62. The predicted molar refractivity (Wildman–Crippen MR) is 80.7 cm³/mol. The molecular formula is C16H21FN4O. The Hall–Kier alpha value is -1.82. The van der Waals surface area contributed by atoms with E-state index < -0.39 is 6.17 Å². The second-order valence-corrected chi connectivity index (χ2v) is 5.99. The van der Waals surface area contributed by atoms with E-state index in [4.69, 9.17) is 0 Å². The van der Waals surface area contributed by atoms with E-state index in [0.29, 0.717) is 26.1 Å². The minimum absolute atomic E-state index is 0.00260. The summed E-state index contributed by atoms with van der Waals surface area (Å²) in [5.41, 5.74) is 1.84. The lowest BCUT2D eigenvalue weighted by molar-refractivity contribution is -0.117. The molecule has 6 heteroatoms. The van der Waals surface area contributed by atoms with Gasteiger partial charge in [-0.25, -0.2) is 14.4 Å². The second kappa shape index (κ2) is 6.96. The fourth-order valence-electron chi connectivity index (χ4n) is 3.18. The summed E-state index contributed by atoms with van der Waals surface area (Å²) in [5.74, 6) is 0.00260. The number of nitrogens with zero attached hydrogens (tertiary/aromatic N) is 3. The first-order chi connectivity index (χ1) is 10.7. The molecule has 1 aromatic heterocycles. The van der Waals surface area contributed by atoms with Crippen molar-refractivity contribution in [2.75, 3.05) is 13.1 Å². The van der Waals surface area contributed by atoms with Crippen molar-refractivity contribution >= 4 is 5.91 Å². The van der Waals surface area contributed by atoms with Crippen LogP contribution >= 0.6 is 0 Å². The van der Waals surface area contributed by atoms with E-state index in [0.717, 1.165) is 30.4 Å². The summed E-state index contributed by atoms with van der Waals surface area (Å²) >= 11 is 0. The van der Waals surface area contributed by atoms with Gasteiger partial charge in [0, 0.05) is 49.2 Å². The van der Waals surface area contributed by atoms with E-state index in [2.05, 4.69) is 20.2 Å². The van der Waals surface area contributed by atoms with Gasteiger partial charge in [-0.15, -0.1) is 0 Å². The van der Waals surface area contributed by atoms with E-state index in [1.165, 1.54) is 6.33 Å². The van der Waals surface area contributed by atoms with Crippen LogP contribution in [0.5, 0.6) is 0 Å². The summed E-state index contributed by atoms with van der Waals surface area (Å²) in [5, 5.41) is 2.96. The molecule has 0 saturated carbocycles. The maximum absolute atomic E-state index is 13.8. The summed E-state index contributed by atoms with van der Waals surface area (Å²) in [7, 11) is 0. The first kappa shape index (κ1) is 15.1. The van der Waals surface area contributed by atoms with Gasteiger partial charge < -0.3 is 5.32 Å². The standard InChI is InChI=1S/C16H21FN4O/c17-14-5-15(8-20-16(22)13-3-1-2-4-13)21(10-14)9-12-6-18-11-19-7-12/h3,6-7,11,14-15H,1-2,4-5,8-10H2,(H,20,22)/t14-,15-/m0/s1. The molecule has 1 fully saturated rings. The molecule has 0 spiro atoms. The summed E-state index contributed by atoms with van der Waals surface area (Å²) in [6.07, 6.45) is 9.50. The van der Waals surface area contributed by atoms with Crippen molar-refractivity contribution in [3.63, 3.8) is 0 Å². The molecule has 0 aromatic carbocycles. The normalized spacial score (nSPS) is 25.2. The van der Waals surface area contributed by atoms with Gasteiger partial charge in [0.15, 0.2) is 0 Å². The van der Waals surface area contributed by atoms with Gasteiger partial charge in [-0.3, -0.25) is 9.69 Å². The Kier molecular flexibility index (Phi) is 4.77. The Morgan fingerprint density at radius 2 is 2.23 bits per heavy atom. The van der Waals surface area contributed by atoms with Crippen LogP contribution in [0.1, 0.15) is 31.2 Å². The van der Waals surface area contributed by atoms with Crippen LogP contribution in [0.4, 0.5) is 4.39 Å². The van der Waals surface area contributed by atoms with Crippen molar-refractivity contribution in [1.82, 2.24) is 20.2 Å². The van der Waals surface area contributed by atoms with Gasteiger partial charge in [0.25, 0.3) is 0 Å². The van der Waals surface area contributed by atoms with Crippen molar-refractivity contribution < 1.29 is 9.18 Å². The summed E-state index contributed by atoms with van der Waals surface area (Å²) < 4.78 is 13.8. The van der Waals surface area contributed by atoms with Crippen molar-refractivity contribution in [2.45, 2.75) is 44.4 Å². The van der Waals surface area contributed by atoms with Gasteiger partial charge in [-0.2, -0.15) is 0 Å². The van der Waals surface area contributed by atoms with Gasteiger partial charge in [0.2, 0.25) is 5.91 Å². The number of allylic oxidation sites excluding steroid dienone is 1. The fraction of sp³-hybridized carbons (Fsp3) is 0.562. The van der Waals surface area contributed by atoms with Crippen molar-refractivity contribution in [3.05, 3.63) is 35.9 Å². The fourth-order valence-corrected chi connectivity index (χ4v) is 3.18. The van der Waals surface area contributed by atoms with Crippen molar-refractivity contribution in [3.8, 4) is 0 Å². The van der Waals surface area contributed by atoms with Crippen LogP contribution in [0.3, 0.4) is 0 Å². The molecule has 0 radical (unpaired) electrons. The molecule has 1 aliphatic carbocycles. The third-order valence-corrected chi connectivity index (χ3v) is 4.31. The Balaban J connectivity index is 1.55. The molecule has 1 aliphatic heterocycles. The molecular weight excluding hydrogens is 283 g/mol. The SMILES string of the molecule is O=C(NC[C@@H]1C[C@H](F)CN1Cc1cncnc1)C1=CCCC1. The van der Waals surface area contributed by atoms with Crippen LogP contribution in [-0.4, -0.2) is 46.1 Å². The first-order valence-corrected chi connectivity index (χ1v) is 7.81. The van der Waals surface area contributed by atoms with Gasteiger partial charge in [0.1, 0.15) is 12.5 Å². The third-order valence-electron chi connectivity index (χ3n) is 4.31. The average molecular weight is 304 g/mol. The van der Waals surface area contributed by atoms with Crippen molar-refractivity contribution in [2.24, 2.45) is 0 Å². The summed E-state index contributed by atoms with van der Waals surface area (Å²) in [6.45, 7) is 1.51. The van der Waals surface area contributed by atoms with E-state index in [-0.39, 0.29) is 11.9 Å². The van der Waals surface area contributed by atoms with Crippen molar-refractivity contribution in [1.29, 1.82) is 0 Å². The van der Waals surface area contributed by atoms with Crippen LogP contribution in [-0.2, 0) is 11.3 Å². The molecule has 3 rings (SSSR count). The van der Waals surface area contributed by atoms with E-state index in [9.17, 15) is 9.18 Å². The monoisotopic (exact) mass is 304 g/mol. The van der Waals surface area contributed by atoms with Gasteiger partial charge >= 0.3 is 0 Å². The number of carbonyl (C=O) groups is 1. The quantitative estimate of drug-likeness (QED) is 0.898. The Labute approximate surface area is 129 Å². The smallest absolute Gasteiger partial charge is 0.246 e. The minimum atomic E-state index is -0.836. The number of nitrogens with one attached hydrogen (secondary N) is 1. The van der Waals surface area contributed by atoms with Crippen LogP contribution in [0.2, 0.25) is 0 Å². The molecule has 1 aromatic rings. The van der Waals surface area contributed by atoms with Crippen LogP contribution in [0.15, 0.2) is 30.4 Å². The zero-order valence-corrected chi connectivity index (χ0v) is 12.5. The molecule has 5 nitrogen and oxygen atoms in total. The molecule has 1 saturated heterocycles. The number of aromatic nitrogens is 2. The number of hydrogen-bond donors (Lipinski definition) is 1. The molecule has 0 bridgehead atoms. The van der Waals surface area contributed by atoms with Gasteiger partial charge in [0.05, 0.1) is 0 Å². The number of hydrogen-bond acceptors (Lipinski definition) is 4. The lowest BCUT2D eigenvalue weighted by Gasteiger charge is -2.24. The molecule has 2 heterocycles. The highest BCUT2D eigenvalue weighted by molar-refractivity contribution is 5.93. The number of rotatable bonds is 5.